The van der Waals surface area contributed by atoms with Crippen LogP contribution in [0.2, 0.25) is 0 Å². The highest BCUT2D eigenvalue weighted by molar-refractivity contribution is 9.10. The van der Waals surface area contributed by atoms with E-state index in [1.165, 1.54) is 6.07 Å². The summed E-state index contributed by atoms with van der Waals surface area (Å²) in [4.78, 5) is 14.9. The lowest BCUT2D eigenvalue weighted by Crippen LogP contribution is -2.13. The van der Waals surface area contributed by atoms with Crippen molar-refractivity contribution in [1.82, 2.24) is 14.9 Å². The molecule has 0 bridgehead atoms. The molecular formula is C14H17BrN4O2. The lowest BCUT2D eigenvalue weighted by molar-refractivity contribution is -0.385. The average Bonchev–Trinajstić information content (AvgIpc) is 2.89. The SMILES string of the molecule is CCCNCc1cn(Cc2cccc([N+](=O)[O-])c2Br)cn1. The molecule has 0 saturated carbocycles. The minimum absolute atomic E-state index is 0.0810. The van der Waals surface area contributed by atoms with Crippen molar-refractivity contribution in [3.8, 4) is 0 Å². The van der Waals surface area contributed by atoms with E-state index in [1.54, 1.807) is 12.4 Å². The Labute approximate surface area is 131 Å². The van der Waals surface area contributed by atoms with Gasteiger partial charge in [-0.3, -0.25) is 10.1 Å². The lowest BCUT2D eigenvalue weighted by atomic mass is 10.2. The van der Waals surface area contributed by atoms with E-state index in [-0.39, 0.29) is 10.6 Å². The molecule has 0 amide bonds. The van der Waals surface area contributed by atoms with Gasteiger partial charge in [0.1, 0.15) is 4.47 Å². The van der Waals surface area contributed by atoms with Crippen LogP contribution >= 0.6 is 15.9 Å². The van der Waals surface area contributed by atoms with Crippen LogP contribution in [0.4, 0.5) is 5.69 Å². The van der Waals surface area contributed by atoms with Crippen LogP contribution in [0.3, 0.4) is 0 Å². The Balaban J connectivity index is 2.08. The first-order valence-corrected chi connectivity index (χ1v) is 7.54. The topological polar surface area (TPSA) is 73.0 Å². The third-order valence-electron chi connectivity index (χ3n) is 3.03. The zero-order chi connectivity index (χ0) is 15.2. The first kappa shape index (κ1) is 15.7. The summed E-state index contributed by atoms with van der Waals surface area (Å²) >= 11 is 3.31. The molecule has 1 aromatic heterocycles. The minimum atomic E-state index is -0.387. The molecule has 6 nitrogen and oxygen atoms in total. The van der Waals surface area contributed by atoms with Gasteiger partial charge in [0.25, 0.3) is 5.69 Å². The maximum Gasteiger partial charge on any atom is 0.283 e. The molecule has 0 aliphatic heterocycles. The molecule has 0 spiro atoms. The Hall–Kier alpha value is -1.73. The van der Waals surface area contributed by atoms with Crippen molar-refractivity contribution < 1.29 is 4.92 Å². The summed E-state index contributed by atoms with van der Waals surface area (Å²) in [5.41, 5.74) is 1.90. The van der Waals surface area contributed by atoms with Gasteiger partial charge < -0.3 is 9.88 Å². The van der Waals surface area contributed by atoms with Crippen molar-refractivity contribution in [2.45, 2.75) is 26.4 Å². The van der Waals surface area contributed by atoms with Gasteiger partial charge in [-0.25, -0.2) is 4.98 Å². The van der Waals surface area contributed by atoms with E-state index in [0.717, 1.165) is 30.8 Å². The van der Waals surface area contributed by atoms with E-state index in [9.17, 15) is 10.1 Å². The zero-order valence-electron chi connectivity index (χ0n) is 11.8. The number of halogens is 1. The number of nitrogens with zero attached hydrogens (tertiary/aromatic N) is 3. The van der Waals surface area contributed by atoms with Crippen molar-refractivity contribution >= 4 is 21.6 Å². The van der Waals surface area contributed by atoms with Crippen LogP contribution in [0.1, 0.15) is 24.6 Å². The highest BCUT2D eigenvalue weighted by atomic mass is 79.9. The second-order valence-electron chi connectivity index (χ2n) is 4.72. The van der Waals surface area contributed by atoms with E-state index in [0.29, 0.717) is 11.0 Å². The Kier molecular flexibility index (Phi) is 5.46. The summed E-state index contributed by atoms with van der Waals surface area (Å²) < 4.78 is 2.45. The van der Waals surface area contributed by atoms with Gasteiger partial charge in [-0.05, 0) is 34.5 Å². The molecule has 0 fully saturated rings. The van der Waals surface area contributed by atoms with Crippen LogP contribution in [-0.4, -0.2) is 21.0 Å². The number of nitro benzene ring substituents is 1. The summed E-state index contributed by atoms with van der Waals surface area (Å²) in [6.45, 7) is 4.36. The maximum atomic E-state index is 10.9. The van der Waals surface area contributed by atoms with Crippen LogP contribution in [0.25, 0.3) is 0 Å². The van der Waals surface area contributed by atoms with Gasteiger partial charge in [0.05, 0.1) is 16.9 Å². The Morgan fingerprint density at radius 3 is 3.00 bits per heavy atom. The van der Waals surface area contributed by atoms with E-state index in [2.05, 4.69) is 33.2 Å². The first-order valence-electron chi connectivity index (χ1n) is 6.75. The van der Waals surface area contributed by atoms with Crippen LogP contribution < -0.4 is 5.32 Å². The highest BCUT2D eigenvalue weighted by Gasteiger charge is 2.14. The normalized spacial score (nSPS) is 10.8. The van der Waals surface area contributed by atoms with Gasteiger partial charge in [-0.2, -0.15) is 0 Å². The Morgan fingerprint density at radius 1 is 1.48 bits per heavy atom. The monoisotopic (exact) mass is 352 g/mol. The van der Waals surface area contributed by atoms with Crippen LogP contribution in [0, 0.1) is 10.1 Å². The smallest absolute Gasteiger partial charge is 0.283 e. The van der Waals surface area contributed by atoms with Gasteiger partial charge in [-0.1, -0.05) is 19.1 Å². The third kappa shape index (κ3) is 4.12. The second-order valence-corrected chi connectivity index (χ2v) is 5.51. The molecule has 112 valence electrons. The Morgan fingerprint density at radius 2 is 2.29 bits per heavy atom. The molecule has 2 rings (SSSR count). The van der Waals surface area contributed by atoms with Crippen molar-refractivity contribution in [2.75, 3.05) is 6.54 Å². The maximum absolute atomic E-state index is 10.9. The summed E-state index contributed by atoms with van der Waals surface area (Å²) in [6.07, 6.45) is 4.78. The number of aromatic nitrogens is 2. The van der Waals surface area contributed by atoms with E-state index in [1.807, 2.05) is 16.8 Å². The molecule has 1 N–H and O–H groups in total. The number of hydrogen-bond acceptors (Lipinski definition) is 4. The van der Waals surface area contributed by atoms with Crippen LogP contribution in [-0.2, 0) is 13.1 Å². The average molecular weight is 353 g/mol. The molecule has 21 heavy (non-hydrogen) atoms. The first-order chi connectivity index (χ1) is 10.1. The molecule has 2 aromatic rings. The molecular weight excluding hydrogens is 336 g/mol. The number of rotatable bonds is 7. The highest BCUT2D eigenvalue weighted by Crippen LogP contribution is 2.28. The van der Waals surface area contributed by atoms with E-state index < -0.39 is 0 Å². The zero-order valence-corrected chi connectivity index (χ0v) is 13.3. The second kappa shape index (κ2) is 7.33. The fourth-order valence-electron chi connectivity index (χ4n) is 2.00. The third-order valence-corrected chi connectivity index (χ3v) is 3.94. The van der Waals surface area contributed by atoms with E-state index in [4.69, 9.17) is 0 Å². The van der Waals surface area contributed by atoms with Crippen LogP contribution in [0.5, 0.6) is 0 Å². The van der Waals surface area contributed by atoms with Crippen molar-refractivity contribution in [3.63, 3.8) is 0 Å². The number of hydrogen-bond donors (Lipinski definition) is 1. The molecule has 0 atom stereocenters. The van der Waals surface area contributed by atoms with Gasteiger partial charge in [0.2, 0.25) is 0 Å². The quantitative estimate of drug-likeness (QED) is 0.472. The number of benzene rings is 1. The minimum Gasteiger partial charge on any atom is -0.333 e. The predicted molar refractivity (Wildman–Crippen MR) is 84.1 cm³/mol. The fourth-order valence-corrected chi connectivity index (χ4v) is 2.54. The fraction of sp³-hybridized carbons (Fsp3) is 0.357. The van der Waals surface area contributed by atoms with Gasteiger partial charge in [0, 0.05) is 25.4 Å². The van der Waals surface area contributed by atoms with Gasteiger partial charge in [0.15, 0.2) is 0 Å². The molecule has 0 aliphatic carbocycles. The van der Waals surface area contributed by atoms with E-state index >= 15 is 0 Å². The molecule has 7 heteroatoms. The molecule has 0 saturated heterocycles. The largest absolute Gasteiger partial charge is 0.333 e. The number of nitrogens with one attached hydrogen (secondary N) is 1. The summed E-state index contributed by atoms with van der Waals surface area (Å²) in [5.74, 6) is 0. The summed E-state index contributed by atoms with van der Waals surface area (Å²) in [6, 6.07) is 5.05. The van der Waals surface area contributed by atoms with Gasteiger partial charge >= 0.3 is 0 Å². The number of imidazole rings is 1. The Bertz CT molecular complexity index is 627. The van der Waals surface area contributed by atoms with Crippen molar-refractivity contribution in [1.29, 1.82) is 0 Å². The molecule has 0 aliphatic rings. The lowest BCUT2D eigenvalue weighted by Gasteiger charge is -2.05. The molecule has 0 unspecified atom stereocenters. The van der Waals surface area contributed by atoms with Gasteiger partial charge in [-0.15, -0.1) is 0 Å². The van der Waals surface area contributed by atoms with Crippen molar-refractivity contribution in [2.24, 2.45) is 0 Å². The van der Waals surface area contributed by atoms with Crippen molar-refractivity contribution in [3.05, 3.63) is 56.6 Å². The molecule has 0 radical (unpaired) electrons. The standard InChI is InChI=1S/C14H17BrN4O2/c1-2-6-16-7-12-9-18(10-17-12)8-11-4-3-5-13(14(11)15)19(20)21/h3-5,9-10,16H,2,6-8H2,1H3. The summed E-state index contributed by atoms with van der Waals surface area (Å²) in [7, 11) is 0. The molecule has 1 aromatic carbocycles. The van der Waals surface area contributed by atoms with Crippen LogP contribution in [0.15, 0.2) is 35.2 Å². The summed E-state index contributed by atoms with van der Waals surface area (Å²) in [5, 5.41) is 14.2. The predicted octanol–water partition coefficient (Wildman–Crippen LogP) is 3.10. The molecule has 1 heterocycles. The number of nitro groups is 1.